The minimum Gasteiger partial charge on any atom is -0.490 e. The molecule has 5 heterocycles. The summed E-state index contributed by atoms with van der Waals surface area (Å²) in [7, 11) is 0. The molecule has 518 valence electrons. The van der Waals surface area contributed by atoms with E-state index in [0.29, 0.717) is 48.1 Å². The first-order valence-electron chi connectivity index (χ1n) is 37.4. The Kier molecular flexibility index (Phi) is 35.1. The molecule has 5 aliphatic rings. The minimum absolute atomic E-state index is 0.365. The van der Waals surface area contributed by atoms with Gasteiger partial charge >= 0.3 is 0 Å². The highest BCUT2D eigenvalue weighted by molar-refractivity contribution is 5.47. The molecule has 93 heavy (non-hydrogen) atoms. The Bertz CT molecular complexity index is 2540. The molecule has 0 amide bonds. The zero-order valence-corrected chi connectivity index (χ0v) is 61.6. The lowest BCUT2D eigenvalue weighted by molar-refractivity contribution is 0.0919. The first kappa shape index (κ1) is 76.9. The Labute approximate surface area is 569 Å². The summed E-state index contributed by atoms with van der Waals surface area (Å²) in [5, 5.41) is 7.33. The number of nitrogens with zero attached hydrogens (tertiary/aromatic N) is 5. The monoisotopic (exact) mass is 1280 g/mol. The van der Waals surface area contributed by atoms with Gasteiger partial charge in [0, 0.05) is 75.8 Å². The van der Waals surface area contributed by atoms with Crippen molar-refractivity contribution in [2.45, 2.75) is 218 Å². The third-order valence-corrected chi connectivity index (χ3v) is 18.8. The summed E-state index contributed by atoms with van der Waals surface area (Å²) in [6.45, 7) is 51.3. The lowest BCUT2D eigenvalue weighted by Crippen LogP contribution is -2.41. The van der Waals surface area contributed by atoms with Crippen LogP contribution >= 0.6 is 0 Å². The molecule has 5 saturated heterocycles. The van der Waals surface area contributed by atoms with Gasteiger partial charge in [0.05, 0.1) is 0 Å². The molecule has 5 aromatic carbocycles. The molecule has 0 radical (unpaired) electrons. The molecule has 10 rings (SSSR count). The van der Waals surface area contributed by atoms with Crippen LogP contribution in [0, 0.1) is 29.6 Å². The van der Waals surface area contributed by atoms with Gasteiger partial charge in [-0.2, -0.15) is 0 Å². The number of likely N-dealkylation sites (tertiary alicyclic amines) is 5. The van der Waals surface area contributed by atoms with E-state index < -0.39 is 0 Å². The van der Waals surface area contributed by atoms with Crippen molar-refractivity contribution in [1.29, 1.82) is 0 Å². The second-order valence-corrected chi connectivity index (χ2v) is 29.7. The predicted octanol–water partition coefficient (Wildman–Crippen LogP) is 18.0. The number of hydrogen-bond acceptors (Lipinski definition) is 10. The van der Waals surface area contributed by atoms with Gasteiger partial charge in [-0.3, -0.25) is 9.80 Å². The van der Waals surface area contributed by atoms with Crippen LogP contribution in [0.15, 0.2) is 121 Å². The van der Waals surface area contributed by atoms with E-state index in [4.69, 9.17) is 14.2 Å². The Morgan fingerprint density at radius 1 is 0.301 bits per heavy atom. The van der Waals surface area contributed by atoms with Gasteiger partial charge in [-0.25, -0.2) is 0 Å². The fraction of sp³-hybridized carbons (Fsp3) is 0.639. The molecular formula is C83H133N7O3. The first-order valence-corrected chi connectivity index (χ1v) is 37.4. The molecule has 10 nitrogen and oxygen atoms in total. The molecule has 0 bridgehead atoms. The summed E-state index contributed by atoms with van der Waals surface area (Å²) < 4.78 is 18.2. The number of likely N-dealkylation sites (N-methyl/N-ethyl adjacent to an activating group) is 4. The van der Waals surface area contributed by atoms with Gasteiger partial charge in [0.1, 0.15) is 35.6 Å². The molecule has 0 aliphatic carbocycles. The molecule has 5 aliphatic heterocycles. The normalized spacial score (nSPS) is 20.1. The molecule has 0 spiro atoms. The van der Waals surface area contributed by atoms with Crippen LogP contribution in [0.3, 0.4) is 0 Å². The molecular weight excluding hydrogens is 1140 g/mol. The van der Waals surface area contributed by atoms with Gasteiger partial charge < -0.3 is 39.5 Å². The molecule has 10 heteroatoms. The van der Waals surface area contributed by atoms with E-state index in [0.717, 1.165) is 100 Å². The summed E-state index contributed by atoms with van der Waals surface area (Å²) in [4.78, 5) is 12.4. The second kappa shape index (κ2) is 42.5. The van der Waals surface area contributed by atoms with Crippen LogP contribution < -0.4 is 24.8 Å². The van der Waals surface area contributed by atoms with Gasteiger partial charge in [0.25, 0.3) is 0 Å². The van der Waals surface area contributed by atoms with Gasteiger partial charge in [-0.15, -0.1) is 0 Å². The Balaban J connectivity index is 0.000000184. The van der Waals surface area contributed by atoms with Crippen LogP contribution in [0.2, 0.25) is 0 Å². The number of rotatable bonds is 25. The smallest absolute Gasteiger partial charge is 0.119 e. The zero-order chi connectivity index (χ0) is 66.9. The summed E-state index contributed by atoms with van der Waals surface area (Å²) >= 11 is 0. The van der Waals surface area contributed by atoms with E-state index in [2.05, 4.69) is 260 Å². The fourth-order valence-corrected chi connectivity index (χ4v) is 13.6. The van der Waals surface area contributed by atoms with E-state index in [1.165, 1.54) is 150 Å². The molecule has 0 aromatic heterocycles. The van der Waals surface area contributed by atoms with Crippen molar-refractivity contribution in [3.05, 3.63) is 149 Å². The number of piperidine rings is 3. The highest BCUT2D eigenvalue weighted by Crippen LogP contribution is 2.25. The molecule has 0 saturated carbocycles. The van der Waals surface area contributed by atoms with Gasteiger partial charge in [-0.05, 0) is 247 Å². The number of benzene rings is 5. The van der Waals surface area contributed by atoms with E-state index in [-0.39, 0.29) is 0 Å². The van der Waals surface area contributed by atoms with Crippen molar-refractivity contribution in [3.63, 3.8) is 0 Å². The van der Waals surface area contributed by atoms with Crippen LogP contribution in [0.4, 0.5) is 11.4 Å². The third-order valence-electron chi connectivity index (χ3n) is 18.8. The lowest BCUT2D eigenvalue weighted by atomic mass is 10.0. The molecule has 4 atom stereocenters. The average Bonchev–Trinajstić information content (AvgIpc) is 3.31. The van der Waals surface area contributed by atoms with E-state index >= 15 is 0 Å². The van der Waals surface area contributed by atoms with Gasteiger partial charge in [-0.1, -0.05) is 165 Å². The highest BCUT2D eigenvalue weighted by atomic mass is 16.5. The molecule has 5 aromatic rings. The first-order chi connectivity index (χ1) is 44.8. The van der Waals surface area contributed by atoms with Crippen molar-refractivity contribution in [2.75, 3.05) is 109 Å². The Morgan fingerprint density at radius 3 is 0.914 bits per heavy atom. The topological polar surface area (TPSA) is 68.0 Å². The summed E-state index contributed by atoms with van der Waals surface area (Å²) in [6, 6.07) is 45.2. The van der Waals surface area contributed by atoms with Crippen molar-refractivity contribution in [2.24, 2.45) is 29.6 Å². The number of hydrogen-bond donors (Lipinski definition) is 2. The predicted molar refractivity (Wildman–Crippen MR) is 400 cm³/mol. The highest BCUT2D eigenvalue weighted by Gasteiger charge is 2.25. The van der Waals surface area contributed by atoms with Crippen molar-refractivity contribution in [3.8, 4) is 17.2 Å². The van der Waals surface area contributed by atoms with E-state index in [1.54, 1.807) is 0 Å². The van der Waals surface area contributed by atoms with Crippen molar-refractivity contribution < 1.29 is 14.2 Å². The number of nitrogens with one attached hydrogen (secondary N) is 2. The van der Waals surface area contributed by atoms with Crippen molar-refractivity contribution in [1.82, 2.24) is 24.5 Å². The average molecular weight is 1280 g/mol. The standard InChI is InChI=1S/C17H28N2.2C17H27NO.C16H26N2.C16H25NO/c1-4-19-11-5-6-17(13-19)18-16-9-7-15(8-10-16)12-14(2)3;1-4-18-11-9-17(10-12-18)19-16-7-5-15(6-8-16)13-14(2)3;1-4-18-11-5-6-17(13-18)19-16-9-7-15(8-10-16)12-14(2)3;1-4-18-10-9-16(12-18)17-15-7-5-14(6-8-15)11-13(2)3;1-4-17-10-9-16(12-17)18-15-7-5-14(6-8-15)11-13(2)3/h7-10,14,17-18H,4-6,11-13H2,1-3H3;5-8,14,17H,4,9-13H2,1-3H3;7-10,14,17H,4-6,11-13H2,1-3H3;5-8,13,16-17H,4,9-12H2,1-3H3;5-8,13,16H,4,9-12H2,1-3H3. The van der Waals surface area contributed by atoms with Crippen molar-refractivity contribution >= 4 is 11.4 Å². The lowest BCUT2D eigenvalue weighted by Gasteiger charge is -2.32. The van der Waals surface area contributed by atoms with Gasteiger partial charge in [0.2, 0.25) is 0 Å². The molecule has 4 unspecified atom stereocenters. The number of ether oxygens (including phenoxy) is 3. The van der Waals surface area contributed by atoms with Crippen LogP contribution in [0.25, 0.3) is 0 Å². The Hall–Kier alpha value is -5.10. The van der Waals surface area contributed by atoms with E-state index in [9.17, 15) is 0 Å². The SMILES string of the molecule is CCN1CCC(Nc2ccc(CC(C)C)cc2)C1.CCN1CCC(Oc2ccc(CC(C)C)cc2)C1.CCN1CCC(Oc2ccc(CC(C)C)cc2)CC1.CCN1CCCC(Nc2ccc(CC(C)C)cc2)C1.CCN1CCCC(Oc2ccc(CC(C)C)cc2)C1. The largest absolute Gasteiger partial charge is 0.490 e. The van der Waals surface area contributed by atoms with E-state index in [1.807, 2.05) is 0 Å². The number of anilines is 2. The maximum absolute atomic E-state index is 6.11. The second-order valence-electron chi connectivity index (χ2n) is 29.7. The fourth-order valence-electron chi connectivity index (χ4n) is 13.6. The maximum Gasteiger partial charge on any atom is 0.119 e. The maximum atomic E-state index is 6.11. The molecule has 2 N–H and O–H groups in total. The third kappa shape index (κ3) is 30.7. The van der Waals surface area contributed by atoms with Crippen LogP contribution in [-0.2, 0) is 32.1 Å². The minimum atomic E-state index is 0.365. The van der Waals surface area contributed by atoms with Gasteiger partial charge in [0.15, 0.2) is 0 Å². The Morgan fingerprint density at radius 2 is 0.570 bits per heavy atom. The molecule has 5 fully saturated rings. The summed E-state index contributed by atoms with van der Waals surface area (Å²) in [6.07, 6.45) is 16.7. The van der Waals surface area contributed by atoms with Crippen LogP contribution in [0.1, 0.15) is 183 Å². The zero-order valence-electron chi connectivity index (χ0n) is 61.6. The van der Waals surface area contributed by atoms with Crippen LogP contribution in [-0.4, -0.2) is 153 Å². The summed E-state index contributed by atoms with van der Waals surface area (Å²) in [5.74, 6) is 6.67. The van der Waals surface area contributed by atoms with Crippen LogP contribution in [0.5, 0.6) is 17.2 Å². The summed E-state index contributed by atoms with van der Waals surface area (Å²) in [5.41, 5.74) is 9.64. The quantitative estimate of drug-likeness (QED) is 0.0591.